The van der Waals surface area contributed by atoms with Crippen molar-refractivity contribution in [2.75, 3.05) is 26.3 Å². The lowest BCUT2D eigenvalue weighted by atomic mass is 10.0. The first-order valence-corrected chi connectivity index (χ1v) is 10.8. The van der Waals surface area contributed by atoms with Crippen molar-refractivity contribution in [3.05, 3.63) is 81.6 Å². The van der Waals surface area contributed by atoms with Crippen LogP contribution >= 0.6 is 11.6 Å². The summed E-state index contributed by atoms with van der Waals surface area (Å²) in [5.74, 6) is -1.88. The van der Waals surface area contributed by atoms with E-state index in [-0.39, 0.29) is 11.4 Å². The number of aromatic nitrogens is 2. The van der Waals surface area contributed by atoms with E-state index in [4.69, 9.17) is 16.3 Å². The van der Waals surface area contributed by atoms with E-state index >= 15 is 0 Å². The summed E-state index contributed by atoms with van der Waals surface area (Å²) >= 11 is 5.98. The molecular weight excluding hydrogens is 450 g/mol. The lowest BCUT2D eigenvalue weighted by molar-refractivity contribution is 0.0124. The Bertz CT molecular complexity index is 1200. The molecular formula is C24H23ClF2N4O2. The highest BCUT2D eigenvalue weighted by molar-refractivity contribution is 6.30. The fourth-order valence-electron chi connectivity index (χ4n) is 3.75. The Morgan fingerprint density at radius 3 is 2.52 bits per heavy atom. The second kappa shape index (κ2) is 9.82. The van der Waals surface area contributed by atoms with Crippen LogP contribution in [0.5, 0.6) is 0 Å². The molecule has 0 bridgehead atoms. The number of hydrogen-bond donors (Lipinski definition) is 1. The number of benzene rings is 2. The number of hydrogen-bond acceptors (Lipinski definition) is 4. The highest BCUT2D eigenvalue weighted by atomic mass is 35.5. The first-order valence-electron chi connectivity index (χ1n) is 10.5. The number of amides is 1. The van der Waals surface area contributed by atoms with E-state index in [1.165, 1.54) is 10.7 Å². The van der Waals surface area contributed by atoms with Gasteiger partial charge < -0.3 is 4.74 Å². The maximum absolute atomic E-state index is 14.7. The van der Waals surface area contributed by atoms with E-state index in [0.717, 1.165) is 23.3 Å². The topological polar surface area (TPSA) is 59.4 Å². The standard InChI is InChI=1S/C24H23ClF2N4O2/c1-15(13-17-3-5-18(25)6-4-17)23-16(2)22(24(32)29-30-9-11-33-12-10-30)28-31(23)21-8-7-19(26)14-20(21)27/h3-8,13-14H,9-12H2,1-2H3,(H,29,32)/b15-13+. The van der Waals surface area contributed by atoms with Crippen LogP contribution in [0.3, 0.4) is 0 Å². The molecule has 1 aromatic heterocycles. The number of rotatable bonds is 5. The van der Waals surface area contributed by atoms with Crippen LogP contribution in [-0.4, -0.2) is 47.0 Å². The molecule has 33 heavy (non-hydrogen) atoms. The Hall–Kier alpha value is -3.07. The van der Waals surface area contributed by atoms with E-state index in [2.05, 4.69) is 10.5 Å². The quantitative estimate of drug-likeness (QED) is 0.587. The second-order valence-corrected chi connectivity index (χ2v) is 8.19. The zero-order valence-electron chi connectivity index (χ0n) is 18.2. The minimum Gasteiger partial charge on any atom is -0.379 e. The van der Waals surface area contributed by atoms with Crippen molar-refractivity contribution in [1.29, 1.82) is 0 Å². The highest BCUT2D eigenvalue weighted by Gasteiger charge is 2.25. The van der Waals surface area contributed by atoms with E-state index in [1.807, 2.05) is 25.1 Å². The summed E-state index contributed by atoms with van der Waals surface area (Å²) in [6.07, 6.45) is 1.89. The van der Waals surface area contributed by atoms with E-state index in [0.29, 0.717) is 42.6 Å². The SMILES string of the molecule is C/C(=C\c1ccc(Cl)cc1)c1c(C)c(C(=O)NN2CCOCC2)nn1-c1ccc(F)cc1F. The fraction of sp³-hybridized carbons (Fsp3) is 0.250. The number of halogens is 3. The van der Waals surface area contributed by atoms with E-state index in [1.54, 1.807) is 24.1 Å². The normalized spacial score (nSPS) is 15.0. The molecule has 2 heterocycles. The lowest BCUT2D eigenvalue weighted by Gasteiger charge is -2.26. The minimum absolute atomic E-state index is 0.0452. The number of allylic oxidation sites excluding steroid dienone is 1. The van der Waals surface area contributed by atoms with Crippen LogP contribution in [0.15, 0.2) is 42.5 Å². The fourth-order valence-corrected chi connectivity index (χ4v) is 3.88. The average Bonchev–Trinajstić information content (AvgIpc) is 3.13. The lowest BCUT2D eigenvalue weighted by Crippen LogP contribution is -2.48. The molecule has 4 rings (SSSR count). The molecule has 9 heteroatoms. The molecule has 0 spiro atoms. The van der Waals surface area contributed by atoms with E-state index < -0.39 is 17.5 Å². The van der Waals surface area contributed by atoms with Crippen molar-refractivity contribution in [2.45, 2.75) is 13.8 Å². The highest BCUT2D eigenvalue weighted by Crippen LogP contribution is 2.28. The van der Waals surface area contributed by atoms with Crippen molar-refractivity contribution >= 4 is 29.2 Å². The average molecular weight is 473 g/mol. The molecule has 1 amide bonds. The van der Waals surface area contributed by atoms with Gasteiger partial charge in [-0.2, -0.15) is 5.10 Å². The molecule has 0 unspecified atom stereocenters. The smallest absolute Gasteiger partial charge is 0.286 e. The predicted octanol–water partition coefficient (Wildman–Crippen LogP) is 4.65. The number of carbonyl (C=O) groups excluding carboxylic acids is 1. The molecule has 0 radical (unpaired) electrons. The summed E-state index contributed by atoms with van der Waals surface area (Å²) in [6, 6.07) is 10.5. The Morgan fingerprint density at radius 1 is 1.15 bits per heavy atom. The van der Waals surface area contributed by atoms with Gasteiger partial charge in [-0.25, -0.2) is 18.5 Å². The van der Waals surface area contributed by atoms with Crippen molar-refractivity contribution in [3.63, 3.8) is 0 Å². The summed E-state index contributed by atoms with van der Waals surface area (Å²) in [4.78, 5) is 13.0. The molecule has 0 atom stereocenters. The molecule has 1 fully saturated rings. The largest absolute Gasteiger partial charge is 0.379 e. The van der Waals surface area contributed by atoms with Gasteiger partial charge in [0.1, 0.15) is 11.5 Å². The zero-order chi connectivity index (χ0) is 23.5. The van der Waals surface area contributed by atoms with Gasteiger partial charge in [-0.15, -0.1) is 0 Å². The zero-order valence-corrected chi connectivity index (χ0v) is 19.0. The van der Waals surface area contributed by atoms with Crippen molar-refractivity contribution in [1.82, 2.24) is 20.2 Å². The van der Waals surface area contributed by atoms with Gasteiger partial charge in [-0.3, -0.25) is 10.2 Å². The Labute approximate surface area is 195 Å². The maximum atomic E-state index is 14.7. The molecule has 1 aliphatic rings. The van der Waals surface area contributed by atoms with Crippen LogP contribution in [0, 0.1) is 18.6 Å². The van der Waals surface area contributed by atoms with Crippen LogP contribution in [0.25, 0.3) is 17.3 Å². The van der Waals surface area contributed by atoms with Crippen LogP contribution in [0.4, 0.5) is 8.78 Å². The van der Waals surface area contributed by atoms with Crippen molar-refractivity contribution < 1.29 is 18.3 Å². The number of morpholine rings is 1. The van der Waals surface area contributed by atoms with Crippen molar-refractivity contribution in [2.24, 2.45) is 0 Å². The van der Waals surface area contributed by atoms with Gasteiger partial charge in [0.25, 0.3) is 5.91 Å². The van der Waals surface area contributed by atoms with Gasteiger partial charge in [-0.1, -0.05) is 23.7 Å². The summed E-state index contributed by atoms with van der Waals surface area (Å²) in [6.45, 7) is 5.75. The minimum atomic E-state index is -0.779. The molecule has 172 valence electrons. The third-order valence-electron chi connectivity index (χ3n) is 5.37. The molecule has 0 aliphatic carbocycles. The Balaban J connectivity index is 1.78. The third kappa shape index (κ3) is 5.13. The molecule has 2 aromatic carbocycles. The molecule has 1 N–H and O–H groups in total. The molecule has 1 aliphatic heterocycles. The van der Waals surface area contributed by atoms with Gasteiger partial charge >= 0.3 is 0 Å². The number of hydrazine groups is 1. The second-order valence-electron chi connectivity index (χ2n) is 7.75. The molecule has 1 saturated heterocycles. The molecule has 3 aromatic rings. The van der Waals surface area contributed by atoms with Gasteiger partial charge in [0, 0.05) is 29.7 Å². The number of carbonyl (C=O) groups is 1. The van der Waals surface area contributed by atoms with Crippen molar-refractivity contribution in [3.8, 4) is 5.69 Å². The summed E-state index contributed by atoms with van der Waals surface area (Å²) in [7, 11) is 0. The summed E-state index contributed by atoms with van der Waals surface area (Å²) < 4.78 is 34.9. The van der Waals surface area contributed by atoms with Crippen LogP contribution < -0.4 is 5.43 Å². The summed E-state index contributed by atoms with van der Waals surface area (Å²) in [5.41, 5.74) is 5.78. The monoisotopic (exact) mass is 472 g/mol. The number of ether oxygens (including phenoxy) is 1. The van der Waals surface area contributed by atoms with Gasteiger partial charge in [0.15, 0.2) is 11.5 Å². The van der Waals surface area contributed by atoms with Crippen LogP contribution in [0.2, 0.25) is 5.02 Å². The first-order chi connectivity index (χ1) is 15.8. The Kier molecular flexibility index (Phi) is 6.88. The summed E-state index contributed by atoms with van der Waals surface area (Å²) in [5, 5.41) is 6.81. The molecule has 0 saturated carbocycles. The van der Waals surface area contributed by atoms with Gasteiger partial charge in [0.2, 0.25) is 0 Å². The number of nitrogens with zero attached hydrogens (tertiary/aromatic N) is 3. The Morgan fingerprint density at radius 2 is 1.85 bits per heavy atom. The third-order valence-corrected chi connectivity index (χ3v) is 5.62. The van der Waals surface area contributed by atoms with Gasteiger partial charge in [-0.05, 0) is 55.3 Å². The van der Waals surface area contributed by atoms with E-state index in [9.17, 15) is 13.6 Å². The van der Waals surface area contributed by atoms with Crippen LogP contribution in [-0.2, 0) is 4.74 Å². The first kappa shape index (κ1) is 23.1. The maximum Gasteiger partial charge on any atom is 0.286 e. The predicted molar refractivity (Wildman–Crippen MR) is 123 cm³/mol. The number of nitrogens with one attached hydrogen (secondary N) is 1. The molecule has 6 nitrogen and oxygen atoms in total. The van der Waals surface area contributed by atoms with Crippen LogP contribution in [0.1, 0.15) is 34.2 Å². The van der Waals surface area contributed by atoms with Gasteiger partial charge in [0.05, 0.1) is 18.9 Å².